The average Bonchev–Trinajstić information content (AvgIpc) is 2.67. The molecular weight excluding hydrogens is 354 g/mol. The molecule has 0 spiro atoms. The van der Waals surface area contributed by atoms with Gasteiger partial charge in [-0.25, -0.2) is 4.79 Å². The number of anilines is 3. The quantitative estimate of drug-likeness (QED) is 0.643. The summed E-state index contributed by atoms with van der Waals surface area (Å²) in [7, 11) is 1.32. The predicted octanol–water partition coefficient (Wildman–Crippen LogP) is 4.48. The van der Waals surface area contributed by atoms with E-state index in [1.165, 1.54) is 13.3 Å². The Labute approximate surface area is 163 Å². The van der Waals surface area contributed by atoms with E-state index in [0.717, 1.165) is 22.5 Å². The second kappa shape index (κ2) is 8.35. The van der Waals surface area contributed by atoms with E-state index in [4.69, 9.17) is 0 Å². The lowest BCUT2D eigenvalue weighted by molar-refractivity contribution is 0.0600. The highest BCUT2D eigenvalue weighted by Crippen LogP contribution is 2.20. The normalized spacial score (nSPS) is 10.2. The minimum atomic E-state index is -0.424. The van der Waals surface area contributed by atoms with Gasteiger partial charge in [-0.15, -0.1) is 0 Å². The van der Waals surface area contributed by atoms with Crippen molar-refractivity contribution in [1.82, 2.24) is 4.98 Å². The van der Waals surface area contributed by atoms with E-state index in [1.807, 2.05) is 26.0 Å². The highest BCUT2D eigenvalue weighted by atomic mass is 16.5. The van der Waals surface area contributed by atoms with Crippen molar-refractivity contribution in [2.75, 3.05) is 17.7 Å². The zero-order chi connectivity index (χ0) is 20.1. The Hall–Kier alpha value is -3.67. The van der Waals surface area contributed by atoms with Gasteiger partial charge < -0.3 is 15.4 Å². The monoisotopic (exact) mass is 375 g/mol. The number of hydrogen-bond donors (Lipinski definition) is 2. The number of benzene rings is 2. The van der Waals surface area contributed by atoms with Crippen molar-refractivity contribution in [2.45, 2.75) is 13.8 Å². The van der Waals surface area contributed by atoms with Crippen LogP contribution in [-0.2, 0) is 4.74 Å². The fraction of sp³-hybridized carbons (Fsp3) is 0.136. The number of esters is 1. The van der Waals surface area contributed by atoms with Crippen molar-refractivity contribution >= 4 is 28.9 Å². The van der Waals surface area contributed by atoms with Crippen LogP contribution < -0.4 is 10.6 Å². The number of ether oxygens (including phenoxy) is 1. The van der Waals surface area contributed by atoms with Gasteiger partial charge in [-0.05, 0) is 67.4 Å². The van der Waals surface area contributed by atoms with Crippen LogP contribution in [0.15, 0.2) is 60.9 Å². The van der Waals surface area contributed by atoms with Crippen LogP contribution >= 0.6 is 0 Å². The van der Waals surface area contributed by atoms with Crippen molar-refractivity contribution in [3.63, 3.8) is 0 Å². The maximum atomic E-state index is 12.5. The molecule has 0 atom stereocenters. The van der Waals surface area contributed by atoms with Gasteiger partial charge in [-0.3, -0.25) is 9.78 Å². The molecule has 1 amide bonds. The molecule has 28 heavy (non-hydrogen) atoms. The number of aromatic nitrogens is 1. The fourth-order valence-corrected chi connectivity index (χ4v) is 2.86. The molecule has 0 aliphatic heterocycles. The summed E-state index contributed by atoms with van der Waals surface area (Å²) >= 11 is 0. The van der Waals surface area contributed by atoms with Gasteiger partial charge in [0.1, 0.15) is 0 Å². The molecule has 0 aliphatic carbocycles. The molecule has 0 aliphatic rings. The van der Waals surface area contributed by atoms with Crippen LogP contribution in [-0.4, -0.2) is 24.0 Å². The summed E-state index contributed by atoms with van der Waals surface area (Å²) in [4.78, 5) is 28.2. The number of nitrogens with zero attached hydrogens (tertiary/aromatic N) is 1. The third-order valence-corrected chi connectivity index (χ3v) is 4.07. The number of amides is 1. The van der Waals surface area contributed by atoms with Gasteiger partial charge in [-0.1, -0.05) is 6.07 Å². The number of pyridine rings is 1. The second-order valence-electron chi connectivity index (χ2n) is 6.49. The van der Waals surface area contributed by atoms with Crippen LogP contribution in [0.4, 0.5) is 17.1 Å². The van der Waals surface area contributed by atoms with Gasteiger partial charge in [0.2, 0.25) is 0 Å². The average molecular weight is 375 g/mol. The standard InChI is InChI=1S/C22H21N3O3/c1-14-8-15(2)10-19(9-14)24-20-11-17(12-23-13-20)21(26)25-18-6-4-16(5-7-18)22(27)28-3/h4-13,24H,1-3H3,(H,25,26). The van der Waals surface area contributed by atoms with Gasteiger partial charge in [0.25, 0.3) is 5.91 Å². The number of carbonyl (C=O) groups is 2. The molecule has 0 saturated carbocycles. The third kappa shape index (κ3) is 4.73. The molecule has 2 aromatic carbocycles. The molecule has 3 rings (SSSR count). The first-order valence-electron chi connectivity index (χ1n) is 8.75. The summed E-state index contributed by atoms with van der Waals surface area (Å²) in [6.45, 7) is 4.07. The molecule has 1 heterocycles. The number of aryl methyl sites for hydroxylation is 2. The molecular formula is C22H21N3O3. The second-order valence-corrected chi connectivity index (χ2v) is 6.49. The molecule has 0 fully saturated rings. The van der Waals surface area contributed by atoms with Crippen LogP contribution in [0.5, 0.6) is 0 Å². The van der Waals surface area contributed by atoms with Gasteiger partial charge in [0.05, 0.1) is 30.1 Å². The Morgan fingerprint density at radius 2 is 1.50 bits per heavy atom. The van der Waals surface area contributed by atoms with E-state index in [0.29, 0.717) is 16.8 Å². The first-order valence-corrected chi connectivity index (χ1v) is 8.75. The molecule has 6 nitrogen and oxygen atoms in total. The Bertz CT molecular complexity index is 994. The number of carbonyl (C=O) groups excluding carboxylic acids is 2. The summed E-state index contributed by atoms with van der Waals surface area (Å²) in [6.07, 6.45) is 3.17. The van der Waals surface area contributed by atoms with Crippen LogP contribution in [0.2, 0.25) is 0 Å². The Kier molecular flexibility index (Phi) is 5.69. The molecule has 0 saturated heterocycles. The van der Waals surface area contributed by atoms with Crippen molar-refractivity contribution in [3.05, 3.63) is 83.2 Å². The molecule has 1 aromatic heterocycles. The van der Waals surface area contributed by atoms with E-state index in [2.05, 4.69) is 26.4 Å². The van der Waals surface area contributed by atoms with Gasteiger partial charge in [-0.2, -0.15) is 0 Å². The van der Waals surface area contributed by atoms with Crippen molar-refractivity contribution in [2.24, 2.45) is 0 Å². The van der Waals surface area contributed by atoms with E-state index < -0.39 is 5.97 Å². The summed E-state index contributed by atoms with van der Waals surface area (Å²) in [6, 6.07) is 14.4. The molecule has 0 radical (unpaired) electrons. The number of nitrogens with one attached hydrogen (secondary N) is 2. The minimum absolute atomic E-state index is 0.289. The van der Waals surface area contributed by atoms with Crippen LogP contribution in [0.25, 0.3) is 0 Å². The van der Waals surface area contributed by atoms with E-state index in [1.54, 1.807) is 36.5 Å². The lowest BCUT2D eigenvalue weighted by atomic mass is 10.1. The maximum absolute atomic E-state index is 12.5. The molecule has 6 heteroatoms. The van der Waals surface area contributed by atoms with Crippen molar-refractivity contribution in [1.29, 1.82) is 0 Å². The first kappa shape index (κ1) is 19.1. The molecule has 3 aromatic rings. The maximum Gasteiger partial charge on any atom is 0.337 e. The topological polar surface area (TPSA) is 80.3 Å². The number of methoxy groups -OCH3 is 1. The highest BCUT2D eigenvalue weighted by Gasteiger charge is 2.10. The van der Waals surface area contributed by atoms with Crippen LogP contribution in [0.3, 0.4) is 0 Å². The minimum Gasteiger partial charge on any atom is -0.465 e. The van der Waals surface area contributed by atoms with E-state index in [-0.39, 0.29) is 5.91 Å². The van der Waals surface area contributed by atoms with E-state index in [9.17, 15) is 9.59 Å². The first-order chi connectivity index (χ1) is 13.4. The SMILES string of the molecule is COC(=O)c1ccc(NC(=O)c2cncc(Nc3cc(C)cc(C)c3)c2)cc1. The largest absolute Gasteiger partial charge is 0.465 e. The summed E-state index contributed by atoms with van der Waals surface area (Å²) in [5.41, 5.74) is 5.38. The smallest absolute Gasteiger partial charge is 0.337 e. The van der Waals surface area contributed by atoms with Crippen LogP contribution in [0.1, 0.15) is 31.8 Å². The summed E-state index contributed by atoms with van der Waals surface area (Å²) in [5.74, 6) is -0.713. The lowest BCUT2D eigenvalue weighted by Crippen LogP contribution is -2.12. The Morgan fingerprint density at radius 1 is 0.821 bits per heavy atom. The number of rotatable bonds is 5. The third-order valence-electron chi connectivity index (χ3n) is 4.07. The Morgan fingerprint density at radius 3 is 2.14 bits per heavy atom. The fourth-order valence-electron chi connectivity index (χ4n) is 2.86. The van der Waals surface area contributed by atoms with Crippen LogP contribution in [0, 0.1) is 13.8 Å². The zero-order valence-corrected chi connectivity index (χ0v) is 15.9. The highest BCUT2D eigenvalue weighted by molar-refractivity contribution is 6.04. The number of hydrogen-bond acceptors (Lipinski definition) is 5. The van der Waals surface area contributed by atoms with Crippen molar-refractivity contribution < 1.29 is 14.3 Å². The zero-order valence-electron chi connectivity index (χ0n) is 15.9. The summed E-state index contributed by atoms with van der Waals surface area (Å²) < 4.78 is 4.66. The summed E-state index contributed by atoms with van der Waals surface area (Å²) in [5, 5.41) is 6.07. The van der Waals surface area contributed by atoms with Gasteiger partial charge >= 0.3 is 5.97 Å². The molecule has 0 unspecified atom stereocenters. The lowest BCUT2D eigenvalue weighted by Gasteiger charge is -2.10. The molecule has 142 valence electrons. The Balaban J connectivity index is 1.72. The molecule has 0 bridgehead atoms. The predicted molar refractivity (Wildman–Crippen MR) is 109 cm³/mol. The van der Waals surface area contributed by atoms with Gasteiger partial charge in [0.15, 0.2) is 0 Å². The molecule has 2 N–H and O–H groups in total. The van der Waals surface area contributed by atoms with E-state index >= 15 is 0 Å². The van der Waals surface area contributed by atoms with Gasteiger partial charge in [0, 0.05) is 17.6 Å². The van der Waals surface area contributed by atoms with Crippen molar-refractivity contribution in [3.8, 4) is 0 Å².